The van der Waals surface area contributed by atoms with Crippen LogP contribution in [0.25, 0.3) is 21.8 Å². The summed E-state index contributed by atoms with van der Waals surface area (Å²) in [6, 6.07) is 13.1. The summed E-state index contributed by atoms with van der Waals surface area (Å²) in [6.07, 6.45) is 1.70. The zero-order chi connectivity index (χ0) is 21.4. The van der Waals surface area contributed by atoms with Crippen molar-refractivity contribution in [1.29, 1.82) is 0 Å². The van der Waals surface area contributed by atoms with Gasteiger partial charge in [0.1, 0.15) is 0 Å². The highest BCUT2D eigenvalue weighted by atomic mass is 16.5. The van der Waals surface area contributed by atoms with Gasteiger partial charge in [-0.2, -0.15) is 5.10 Å². The number of nitrogens with one attached hydrogen (secondary N) is 1. The van der Waals surface area contributed by atoms with E-state index in [-0.39, 0.29) is 11.9 Å². The highest BCUT2D eigenvalue weighted by Gasteiger charge is 2.19. The Balaban J connectivity index is 1.76. The normalized spacial score (nSPS) is 11.2. The molecule has 2 heterocycles. The van der Waals surface area contributed by atoms with E-state index in [0.29, 0.717) is 22.5 Å². The number of aromatic nitrogens is 3. The third kappa shape index (κ3) is 3.39. The second-order valence-electron chi connectivity index (χ2n) is 7.41. The summed E-state index contributed by atoms with van der Waals surface area (Å²) in [7, 11) is 1.32. The maximum Gasteiger partial charge on any atom is 0.339 e. The smallest absolute Gasteiger partial charge is 0.339 e. The quantitative estimate of drug-likeness (QED) is 0.508. The number of anilines is 1. The van der Waals surface area contributed by atoms with Gasteiger partial charge in [-0.25, -0.2) is 14.5 Å². The number of amides is 1. The van der Waals surface area contributed by atoms with E-state index in [0.717, 1.165) is 21.8 Å². The molecule has 0 spiro atoms. The minimum Gasteiger partial charge on any atom is -0.465 e. The predicted octanol–water partition coefficient (Wildman–Crippen LogP) is 4.51. The van der Waals surface area contributed by atoms with Crippen molar-refractivity contribution in [1.82, 2.24) is 14.8 Å². The van der Waals surface area contributed by atoms with Crippen molar-refractivity contribution in [3.05, 3.63) is 65.5 Å². The molecular weight excluding hydrogens is 380 g/mol. The summed E-state index contributed by atoms with van der Waals surface area (Å²) in [5.74, 6) is -0.862. The first-order chi connectivity index (χ1) is 14.4. The Bertz CT molecular complexity index is 1290. The highest BCUT2D eigenvalue weighted by Crippen LogP contribution is 2.26. The molecule has 30 heavy (non-hydrogen) atoms. The van der Waals surface area contributed by atoms with Crippen LogP contribution >= 0.6 is 0 Å². The molecule has 0 aliphatic heterocycles. The van der Waals surface area contributed by atoms with Gasteiger partial charge in [-0.3, -0.25) is 4.79 Å². The Labute approximate surface area is 173 Å². The molecule has 1 N–H and O–H groups in total. The molecular formula is C23H22N4O3. The average molecular weight is 402 g/mol. The fourth-order valence-corrected chi connectivity index (χ4v) is 3.49. The monoisotopic (exact) mass is 402 g/mol. The lowest BCUT2D eigenvalue weighted by atomic mass is 10.0. The van der Waals surface area contributed by atoms with Crippen LogP contribution in [0.15, 0.2) is 48.7 Å². The van der Waals surface area contributed by atoms with Crippen molar-refractivity contribution in [2.75, 3.05) is 12.4 Å². The summed E-state index contributed by atoms with van der Waals surface area (Å²) < 4.78 is 6.73. The zero-order valence-electron chi connectivity index (χ0n) is 17.3. The number of esters is 1. The molecule has 2 aromatic carbocycles. The molecule has 7 nitrogen and oxygen atoms in total. The Kier molecular flexibility index (Phi) is 4.95. The molecule has 4 aromatic rings. The summed E-state index contributed by atoms with van der Waals surface area (Å²) in [5, 5.41) is 9.80. The number of hydrogen-bond acceptors (Lipinski definition) is 5. The molecule has 0 saturated carbocycles. The first-order valence-electron chi connectivity index (χ1n) is 9.66. The van der Waals surface area contributed by atoms with Gasteiger partial charge in [0.05, 0.1) is 35.8 Å². The maximum atomic E-state index is 13.1. The topological polar surface area (TPSA) is 86.1 Å². The Hall–Kier alpha value is -3.74. The maximum absolute atomic E-state index is 13.1. The molecule has 7 heteroatoms. The standard InChI is InChI=1S/C23H22N4O3/c1-13(2)27-21-17(12-24-27)10-18(14(3)25-21)22(28)26-20-11-16-8-6-5-7-15(16)9-19(20)23(29)30-4/h5-13H,1-4H3,(H,26,28). The van der Waals surface area contributed by atoms with Gasteiger partial charge in [0, 0.05) is 11.4 Å². The SMILES string of the molecule is COC(=O)c1cc2ccccc2cc1NC(=O)c1cc2cnn(C(C)C)c2nc1C. The van der Waals surface area contributed by atoms with Gasteiger partial charge < -0.3 is 10.1 Å². The van der Waals surface area contributed by atoms with Crippen molar-refractivity contribution in [2.45, 2.75) is 26.8 Å². The molecule has 2 aromatic heterocycles. The molecule has 0 bridgehead atoms. The van der Waals surface area contributed by atoms with Crippen molar-refractivity contribution in [3.63, 3.8) is 0 Å². The third-order valence-electron chi connectivity index (χ3n) is 5.03. The second kappa shape index (κ2) is 7.59. The van der Waals surface area contributed by atoms with Gasteiger partial charge in [-0.15, -0.1) is 0 Å². The molecule has 0 radical (unpaired) electrons. The predicted molar refractivity (Wildman–Crippen MR) is 116 cm³/mol. The van der Waals surface area contributed by atoms with Gasteiger partial charge in [-0.1, -0.05) is 24.3 Å². The van der Waals surface area contributed by atoms with Crippen molar-refractivity contribution in [2.24, 2.45) is 0 Å². The Morgan fingerprint density at radius 3 is 2.37 bits per heavy atom. The Morgan fingerprint density at radius 1 is 1.03 bits per heavy atom. The molecule has 0 unspecified atom stereocenters. The summed E-state index contributed by atoms with van der Waals surface area (Å²) in [6.45, 7) is 5.84. The second-order valence-corrected chi connectivity index (χ2v) is 7.41. The number of methoxy groups -OCH3 is 1. The minimum absolute atomic E-state index is 0.161. The molecule has 0 saturated heterocycles. The molecule has 0 aliphatic carbocycles. The van der Waals surface area contributed by atoms with E-state index in [1.54, 1.807) is 31.3 Å². The van der Waals surface area contributed by atoms with Crippen LogP contribution in [-0.2, 0) is 4.74 Å². The zero-order valence-corrected chi connectivity index (χ0v) is 17.3. The van der Waals surface area contributed by atoms with Crippen LogP contribution in [-0.4, -0.2) is 33.8 Å². The number of fused-ring (bicyclic) bond motifs is 2. The largest absolute Gasteiger partial charge is 0.465 e. The molecule has 152 valence electrons. The number of benzene rings is 2. The minimum atomic E-state index is -0.514. The number of carbonyl (C=O) groups is 2. The van der Waals surface area contributed by atoms with Gasteiger partial charge in [0.2, 0.25) is 0 Å². The van der Waals surface area contributed by atoms with Crippen LogP contribution < -0.4 is 5.32 Å². The van der Waals surface area contributed by atoms with Crippen LogP contribution in [0.5, 0.6) is 0 Å². The van der Waals surface area contributed by atoms with Crippen LogP contribution in [0.2, 0.25) is 0 Å². The van der Waals surface area contributed by atoms with Gasteiger partial charge in [0.15, 0.2) is 5.65 Å². The summed E-state index contributed by atoms with van der Waals surface area (Å²) in [4.78, 5) is 30.0. The lowest BCUT2D eigenvalue weighted by Gasteiger charge is -2.13. The first-order valence-corrected chi connectivity index (χ1v) is 9.66. The van der Waals surface area contributed by atoms with E-state index >= 15 is 0 Å². The summed E-state index contributed by atoms with van der Waals surface area (Å²) >= 11 is 0. The summed E-state index contributed by atoms with van der Waals surface area (Å²) in [5.41, 5.74) is 2.43. The van der Waals surface area contributed by atoms with Crippen LogP contribution in [0.1, 0.15) is 46.3 Å². The number of nitrogens with zero attached hydrogens (tertiary/aromatic N) is 3. The fourth-order valence-electron chi connectivity index (χ4n) is 3.49. The van der Waals surface area contributed by atoms with E-state index < -0.39 is 5.97 Å². The van der Waals surface area contributed by atoms with E-state index in [4.69, 9.17) is 4.74 Å². The molecule has 4 rings (SSSR count). The van der Waals surface area contributed by atoms with Crippen LogP contribution in [0, 0.1) is 6.92 Å². The van der Waals surface area contributed by atoms with E-state index in [1.165, 1.54) is 7.11 Å². The van der Waals surface area contributed by atoms with Crippen LogP contribution in [0.4, 0.5) is 5.69 Å². The number of hydrogen-bond donors (Lipinski definition) is 1. The number of carbonyl (C=O) groups excluding carboxylic acids is 2. The average Bonchev–Trinajstić information content (AvgIpc) is 3.15. The van der Waals surface area contributed by atoms with Gasteiger partial charge in [0.25, 0.3) is 5.91 Å². The lowest BCUT2D eigenvalue weighted by Crippen LogP contribution is -2.17. The van der Waals surface area contributed by atoms with E-state index in [9.17, 15) is 9.59 Å². The molecule has 0 aliphatic rings. The third-order valence-corrected chi connectivity index (χ3v) is 5.03. The Morgan fingerprint density at radius 2 is 1.70 bits per heavy atom. The van der Waals surface area contributed by atoms with Crippen LogP contribution in [0.3, 0.4) is 0 Å². The van der Waals surface area contributed by atoms with Gasteiger partial charge >= 0.3 is 5.97 Å². The van der Waals surface area contributed by atoms with Gasteiger partial charge in [-0.05, 0) is 49.7 Å². The molecule has 0 atom stereocenters. The van der Waals surface area contributed by atoms with Crippen molar-refractivity contribution in [3.8, 4) is 0 Å². The highest BCUT2D eigenvalue weighted by molar-refractivity contribution is 6.11. The number of rotatable bonds is 4. The fraction of sp³-hybridized carbons (Fsp3) is 0.217. The molecule has 1 amide bonds. The molecule has 0 fully saturated rings. The number of ether oxygens (including phenoxy) is 1. The van der Waals surface area contributed by atoms with Crippen molar-refractivity contribution < 1.29 is 14.3 Å². The lowest BCUT2D eigenvalue weighted by molar-refractivity contribution is 0.0602. The number of pyridine rings is 1. The van der Waals surface area contributed by atoms with Crippen molar-refractivity contribution >= 4 is 39.4 Å². The van der Waals surface area contributed by atoms with E-state index in [1.807, 2.05) is 42.8 Å². The first kappa shape index (κ1) is 19.6. The van der Waals surface area contributed by atoms with E-state index in [2.05, 4.69) is 15.4 Å². The number of aryl methyl sites for hydroxylation is 1.